The van der Waals surface area contributed by atoms with E-state index in [0.717, 1.165) is 51.7 Å². The summed E-state index contributed by atoms with van der Waals surface area (Å²) in [6.07, 6.45) is 4.94. The van der Waals surface area contributed by atoms with E-state index in [4.69, 9.17) is 5.11 Å². The summed E-state index contributed by atoms with van der Waals surface area (Å²) in [5, 5.41) is 14.8. The molecule has 0 aromatic carbocycles. The lowest BCUT2D eigenvalue weighted by Gasteiger charge is -2.21. The van der Waals surface area contributed by atoms with Crippen molar-refractivity contribution in [1.82, 2.24) is 10.6 Å². The molecule has 94 valence electrons. The molecule has 1 saturated heterocycles. The van der Waals surface area contributed by atoms with Gasteiger partial charge in [0.25, 0.3) is 0 Å². The molecule has 0 aliphatic carbocycles. The summed E-state index contributed by atoms with van der Waals surface area (Å²) < 4.78 is 0. The average Bonchev–Trinajstić information content (AvgIpc) is 2.71. The number of carbonyl (C=O) groups is 1. The zero-order valence-corrected chi connectivity index (χ0v) is 10.2. The van der Waals surface area contributed by atoms with Crippen molar-refractivity contribution in [3.05, 3.63) is 0 Å². The van der Waals surface area contributed by atoms with E-state index in [-0.39, 0.29) is 17.9 Å². The minimum absolute atomic E-state index is 0.180. The summed E-state index contributed by atoms with van der Waals surface area (Å²) in [6, 6.07) is 0. The molecule has 0 radical (unpaired) electrons. The van der Waals surface area contributed by atoms with Crippen LogP contribution in [0.4, 0.5) is 0 Å². The molecule has 4 nitrogen and oxygen atoms in total. The van der Waals surface area contributed by atoms with Crippen LogP contribution in [0.3, 0.4) is 0 Å². The van der Waals surface area contributed by atoms with E-state index in [1.54, 1.807) is 0 Å². The van der Waals surface area contributed by atoms with Gasteiger partial charge in [0.1, 0.15) is 0 Å². The molecule has 4 heteroatoms. The van der Waals surface area contributed by atoms with Crippen LogP contribution in [0.2, 0.25) is 0 Å². The fourth-order valence-corrected chi connectivity index (χ4v) is 2.02. The maximum absolute atomic E-state index is 11.9. The first-order chi connectivity index (χ1) is 7.69. The van der Waals surface area contributed by atoms with Gasteiger partial charge < -0.3 is 15.7 Å². The van der Waals surface area contributed by atoms with E-state index in [1.165, 1.54) is 0 Å². The Labute approximate surface area is 97.8 Å². The lowest BCUT2D eigenvalue weighted by atomic mass is 9.89. The fraction of sp³-hybridized carbons (Fsp3) is 0.917. The Balaban J connectivity index is 2.06. The van der Waals surface area contributed by atoms with Crippen LogP contribution < -0.4 is 10.6 Å². The topological polar surface area (TPSA) is 61.4 Å². The molecule has 16 heavy (non-hydrogen) atoms. The second-order valence-electron chi connectivity index (χ2n) is 4.88. The summed E-state index contributed by atoms with van der Waals surface area (Å²) in [4.78, 5) is 11.9. The van der Waals surface area contributed by atoms with Crippen LogP contribution in [0.1, 0.15) is 39.0 Å². The molecular weight excluding hydrogens is 204 g/mol. The first kappa shape index (κ1) is 13.5. The third kappa shape index (κ3) is 4.10. The van der Waals surface area contributed by atoms with Crippen molar-refractivity contribution in [3.8, 4) is 0 Å². The van der Waals surface area contributed by atoms with Gasteiger partial charge in [-0.05, 0) is 32.7 Å². The lowest BCUT2D eigenvalue weighted by Crippen LogP contribution is -2.40. The van der Waals surface area contributed by atoms with E-state index in [9.17, 15) is 4.79 Å². The van der Waals surface area contributed by atoms with Crippen molar-refractivity contribution < 1.29 is 9.90 Å². The van der Waals surface area contributed by atoms with Crippen molar-refractivity contribution in [2.24, 2.45) is 5.41 Å². The predicted molar refractivity (Wildman–Crippen MR) is 64.2 cm³/mol. The van der Waals surface area contributed by atoms with Crippen LogP contribution in [-0.4, -0.2) is 37.3 Å². The van der Waals surface area contributed by atoms with Crippen LogP contribution in [0.25, 0.3) is 0 Å². The fourth-order valence-electron chi connectivity index (χ4n) is 2.02. The van der Waals surface area contributed by atoms with Crippen LogP contribution >= 0.6 is 0 Å². The molecule has 1 atom stereocenters. The number of hydrogen-bond donors (Lipinski definition) is 3. The molecule has 0 aromatic heterocycles. The maximum Gasteiger partial charge on any atom is 0.227 e. The SMILES string of the molecule is CC1(C(=O)NCCCCCCO)CCNC1. The Kier molecular flexibility index (Phi) is 5.77. The van der Waals surface area contributed by atoms with Crippen molar-refractivity contribution in [1.29, 1.82) is 0 Å². The molecule has 1 rings (SSSR count). The molecule has 0 saturated carbocycles. The number of aliphatic hydroxyl groups excluding tert-OH is 1. The Hall–Kier alpha value is -0.610. The normalized spacial score (nSPS) is 24.6. The number of unbranched alkanes of at least 4 members (excludes halogenated alkanes) is 3. The Morgan fingerprint density at radius 1 is 1.38 bits per heavy atom. The first-order valence-corrected chi connectivity index (χ1v) is 6.29. The van der Waals surface area contributed by atoms with Gasteiger partial charge in [0, 0.05) is 19.7 Å². The molecule has 0 bridgehead atoms. The summed E-state index contributed by atoms with van der Waals surface area (Å²) in [6.45, 7) is 4.80. The lowest BCUT2D eigenvalue weighted by molar-refractivity contribution is -0.129. The summed E-state index contributed by atoms with van der Waals surface area (Å²) >= 11 is 0. The number of amides is 1. The third-order valence-electron chi connectivity index (χ3n) is 3.29. The predicted octanol–water partition coefficient (Wildman–Crippen LogP) is 0.655. The van der Waals surface area contributed by atoms with Gasteiger partial charge in [-0.3, -0.25) is 4.79 Å². The minimum Gasteiger partial charge on any atom is -0.396 e. The van der Waals surface area contributed by atoms with E-state index >= 15 is 0 Å². The molecule has 3 N–H and O–H groups in total. The molecule has 1 aliphatic heterocycles. The second-order valence-corrected chi connectivity index (χ2v) is 4.88. The molecule has 1 aliphatic rings. The van der Waals surface area contributed by atoms with Gasteiger partial charge in [-0.1, -0.05) is 12.8 Å². The van der Waals surface area contributed by atoms with Gasteiger partial charge >= 0.3 is 0 Å². The molecule has 0 aromatic rings. The molecule has 0 spiro atoms. The molecule has 1 fully saturated rings. The van der Waals surface area contributed by atoms with Crippen molar-refractivity contribution in [2.75, 3.05) is 26.2 Å². The number of carbonyl (C=O) groups excluding carboxylic acids is 1. The summed E-state index contributed by atoms with van der Waals surface area (Å²) in [5.74, 6) is 0.180. The van der Waals surface area contributed by atoms with Gasteiger partial charge in [0.05, 0.1) is 5.41 Å². The van der Waals surface area contributed by atoms with Crippen LogP contribution in [0, 0.1) is 5.41 Å². The Morgan fingerprint density at radius 3 is 2.75 bits per heavy atom. The zero-order valence-electron chi connectivity index (χ0n) is 10.2. The van der Waals surface area contributed by atoms with E-state index in [1.807, 2.05) is 6.92 Å². The minimum atomic E-state index is -0.203. The first-order valence-electron chi connectivity index (χ1n) is 6.29. The van der Waals surface area contributed by atoms with Gasteiger partial charge in [0.15, 0.2) is 0 Å². The van der Waals surface area contributed by atoms with E-state index in [2.05, 4.69) is 10.6 Å². The number of aliphatic hydroxyl groups is 1. The second kappa shape index (κ2) is 6.86. The van der Waals surface area contributed by atoms with Crippen molar-refractivity contribution >= 4 is 5.91 Å². The van der Waals surface area contributed by atoms with Crippen LogP contribution in [-0.2, 0) is 4.79 Å². The number of rotatable bonds is 7. The Morgan fingerprint density at radius 2 is 2.12 bits per heavy atom. The smallest absolute Gasteiger partial charge is 0.227 e. The molecular formula is C12H24N2O2. The molecule has 1 heterocycles. The average molecular weight is 228 g/mol. The van der Waals surface area contributed by atoms with Gasteiger partial charge in [-0.25, -0.2) is 0 Å². The highest BCUT2D eigenvalue weighted by atomic mass is 16.2. The van der Waals surface area contributed by atoms with E-state index in [0.29, 0.717) is 0 Å². The maximum atomic E-state index is 11.9. The third-order valence-corrected chi connectivity index (χ3v) is 3.29. The highest BCUT2D eigenvalue weighted by molar-refractivity contribution is 5.82. The zero-order chi connectivity index (χ0) is 11.9. The van der Waals surface area contributed by atoms with Crippen molar-refractivity contribution in [3.63, 3.8) is 0 Å². The van der Waals surface area contributed by atoms with E-state index < -0.39 is 0 Å². The largest absolute Gasteiger partial charge is 0.396 e. The highest BCUT2D eigenvalue weighted by Crippen LogP contribution is 2.24. The Bertz CT molecular complexity index is 213. The van der Waals surface area contributed by atoms with Gasteiger partial charge in [-0.15, -0.1) is 0 Å². The molecule has 1 amide bonds. The molecule has 1 unspecified atom stereocenters. The standard InChI is InChI=1S/C12H24N2O2/c1-12(6-8-13-10-12)11(16)14-7-4-2-3-5-9-15/h13,15H,2-10H2,1H3,(H,14,16). The highest BCUT2D eigenvalue weighted by Gasteiger charge is 2.35. The van der Waals surface area contributed by atoms with Gasteiger partial charge in [-0.2, -0.15) is 0 Å². The monoisotopic (exact) mass is 228 g/mol. The van der Waals surface area contributed by atoms with Crippen molar-refractivity contribution in [2.45, 2.75) is 39.0 Å². The number of hydrogen-bond acceptors (Lipinski definition) is 3. The quantitative estimate of drug-likeness (QED) is 0.561. The summed E-state index contributed by atoms with van der Waals surface area (Å²) in [5.41, 5.74) is -0.203. The van der Waals surface area contributed by atoms with Gasteiger partial charge in [0.2, 0.25) is 5.91 Å². The number of nitrogens with one attached hydrogen (secondary N) is 2. The van der Waals surface area contributed by atoms with Crippen LogP contribution in [0.5, 0.6) is 0 Å². The van der Waals surface area contributed by atoms with Crippen LogP contribution in [0.15, 0.2) is 0 Å². The summed E-state index contributed by atoms with van der Waals surface area (Å²) in [7, 11) is 0.